The number of amides is 3. The number of ether oxygens (including phenoxy) is 1. The van der Waals surface area contributed by atoms with E-state index in [4.69, 9.17) is 10.5 Å². The number of nitrogens with zero attached hydrogens (tertiary/aromatic N) is 1. The van der Waals surface area contributed by atoms with Crippen LogP contribution in [0, 0.1) is 23.2 Å². The topological polar surface area (TPSA) is 162 Å². The molecule has 1 fully saturated rings. The summed E-state index contributed by atoms with van der Waals surface area (Å²) in [6.45, 7) is 4.45. The average molecular weight is 469 g/mol. The lowest BCUT2D eigenvalue weighted by Gasteiger charge is -2.26. The van der Waals surface area contributed by atoms with Gasteiger partial charge in [0.05, 0.1) is 19.2 Å². The normalized spacial score (nSPS) is 18.1. The van der Waals surface area contributed by atoms with Gasteiger partial charge in [0.25, 0.3) is 5.91 Å². The smallest absolute Gasteiger partial charge is 0.268 e. The third kappa shape index (κ3) is 5.85. The number of rotatable bonds is 10. The molecule has 6 N–H and O–H groups in total. The van der Waals surface area contributed by atoms with E-state index in [9.17, 15) is 19.6 Å². The maximum absolute atomic E-state index is 13.2. The molecule has 0 aliphatic carbocycles. The van der Waals surface area contributed by atoms with Gasteiger partial charge >= 0.3 is 0 Å². The fraction of sp³-hybridized carbons (Fsp3) is 0.500. The van der Waals surface area contributed by atoms with Crippen LogP contribution in [0.25, 0.3) is 10.9 Å². The Bertz CT molecular complexity index is 1090. The summed E-state index contributed by atoms with van der Waals surface area (Å²) in [5, 5.41) is 18.5. The number of carbonyl (C=O) groups is 3. The van der Waals surface area contributed by atoms with E-state index in [1.165, 1.54) is 0 Å². The maximum atomic E-state index is 13.2. The van der Waals surface area contributed by atoms with Crippen LogP contribution in [0.2, 0.25) is 0 Å². The zero-order chi connectivity index (χ0) is 24.8. The Labute approximate surface area is 198 Å². The van der Waals surface area contributed by atoms with Crippen molar-refractivity contribution in [3.8, 4) is 11.8 Å². The van der Waals surface area contributed by atoms with Crippen LogP contribution in [-0.4, -0.2) is 54.5 Å². The Kier molecular flexibility index (Phi) is 8.12. The number of fused-ring (bicyclic) bond motifs is 1. The van der Waals surface area contributed by atoms with E-state index < -0.39 is 29.9 Å². The molecule has 3 rings (SSSR count). The van der Waals surface area contributed by atoms with Crippen molar-refractivity contribution in [2.75, 3.05) is 13.7 Å². The van der Waals surface area contributed by atoms with Crippen LogP contribution < -0.4 is 26.4 Å². The number of nitrogens with two attached hydrogens (primary N) is 1. The Morgan fingerprint density at radius 3 is 2.71 bits per heavy atom. The van der Waals surface area contributed by atoms with Gasteiger partial charge in [-0.1, -0.05) is 19.9 Å². The number of hydrogen-bond acceptors (Lipinski definition) is 6. The van der Waals surface area contributed by atoms with Gasteiger partial charge in [-0.2, -0.15) is 5.26 Å². The largest absolute Gasteiger partial charge is 0.496 e. The van der Waals surface area contributed by atoms with Gasteiger partial charge in [0, 0.05) is 23.4 Å². The highest BCUT2D eigenvalue weighted by atomic mass is 16.5. The lowest BCUT2D eigenvalue weighted by atomic mass is 9.93. The van der Waals surface area contributed by atoms with E-state index in [-0.39, 0.29) is 24.2 Å². The number of hydrogen-bond donors (Lipinski definition) is 5. The first-order chi connectivity index (χ1) is 16.2. The predicted molar refractivity (Wildman–Crippen MR) is 127 cm³/mol. The van der Waals surface area contributed by atoms with Gasteiger partial charge in [-0.05, 0) is 43.4 Å². The molecule has 1 aliphatic heterocycles. The van der Waals surface area contributed by atoms with Gasteiger partial charge in [0.2, 0.25) is 11.8 Å². The molecule has 0 spiro atoms. The van der Waals surface area contributed by atoms with E-state index in [1.54, 1.807) is 19.2 Å². The number of methoxy groups -OCH3 is 1. The number of benzene rings is 1. The van der Waals surface area contributed by atoms with Crippen LogP contribution in [0.1, 0.15) is 43.6 Å². The molecule has 2 aromatic rings. The monoisotopic (exact) mass is 468 g/mol. The quantitative estimate of drug-likeness (QED) is 0.352. The first kappa shape index (κ1) is 25.1. The van der Waals surface area contributed by atoms with Crippen LogP contribution in [0.3, 0.4) is 0 Å². The van der Waals surface area contributed by atoms with Gasteiger partial charge in [-0.3, -0.25) is 14.4 Å². The molecule has 4 atom stereocenters. The van der Waals surface area contributed by atoms with E-state index in [1.807, 2.05) is 32.0 Å². The van der Waals surface area contributed by atoms with Gasteiger partial charge in [-0.15, -0.1) is 0 Å². The summed E-state index contributed by atoms with van der Waals surface area (Å²) in [4.78, 5) is 41.2. The van der Waals surface area contributed by atoms with Gasteiger partial charge in [-0.25, -0.2) is 0 Å². The van der Waals surface area contributed by atoms with Crippen molar-refractivity contribution in [3.63, 3.8) is 0 Å². The van der Waals surface area contributed by atoms with E-state index >= 15 is 0 Å². The zero-order valence-electron chi connectivity index (χ0n) is 19.7. The lowest BCUT2D eigenvalue weighted by Crippen LogP contribution is -2.55. The Balaban J connectivity index is 1.75. The van der Waals surface area contributed by atoms with Crippen LogP contribution in [0.4, 0.5) is 0 Å². The summed E-state index contributed by atoms with van der Waals surface area (Å²) in [7, 11) is 1.56. The minimum atomic E-state index is -0.978. The second-order valence-electron chi connectivity index (χ2n) is 9.04. The molecule has 0 bridgehead atoms. The first-order valence-electron chi connectivity index (χ1n) is 11.4. The van der Waals surface area contributed by atoms with E-state index in [2.05, 4.69) is 20.9 Å². The van der Waals surface area contributed by atoms with Crippen molar-refractivity contribution in [3.05, 3.63) is 30.0 Å². The van der Waals surface area contributed by atoms with E-state index in [0.717, 1.165) is 10.9 Å². The third-order valence-corrected chi connectivity index (χ3v) is 6.03. The molecule has 1 aromatic heterocycles. The SMILES string of the molecule is COc1cccc2[nH]c(C(=O)NC(CC(C)C)C(=O)N[C@@H](C[C@@H]3CCNC3=O)C(N)C#N)cc12. The molecule has 10 heteroatoms. The van der Waals surface area contributed by atoms with Gasteiger partial charge in [0.1, 0.15) is 23.5 Å². The lowest BCUT2D eigenvalue weighted by molar-refractivity contribution is -0.126. The number of aromatic nitrogens is 1. The number of H-pyrrole nitrogens is 1. The van der Waals surface area contributed by atoms with Crippen molar-refractivity contribution in [2.45, 2.75) is 51.2 Å². The minimum Gasteiger partial charge on any atom is -0.496 e. The third-order valence-electron chi connectivity index (χ3n) is 6.03. The minimum absolute atomic E-state index is 0.106. The molecule has 182 valence electrons. The molecular formula is C24H32N6O4. The summed E-state index contributed by atoms with van der Waals surface area (Å²) in [5.74, 6) is -0.550. The molecule has 1 aromatic carbocycles. The molecule has 0 saturated carbocycles. The molecule has 1 aliphatic rings. The van der Waals surface area contributed by atoms with E-state index in [0.29, 0.717) is 30.8 Å². The fourth-order valence-electron chi connectivity index (χ4n) is 4.21. The number of nitrogens with one attached hydrogen (secondary N) is 4. The standard InChI is InChI=1S/C24H32N6O4/c1-13(2)9-19(23(32)29-18(16(26)12-25)10-14-7-8-27-22(14)31)30-24(33)20-11-15-17(28-20)5-4-6-21(15)34-3/h4-6,11,13-14,16,18-19,28H,7-10,26H2,1-3H3,(H,27,31)(H,29,32)(H,30,33)/t14-,16?,18-,19?/m0/s1. The molecule has 2 unspecified atom stereocenters. The molecular weight excluding hydrogens is 436 g/mol. The van der Waals surface area contributed by atoms with Crippen molar-refractivity contribution < 1.29 is 19.1 Å². The first-order valence-corrected chi connectivity index (χ1v) is 11.4. The summed E-state index contributed by atoms with van der Waals surface area (Å²) >= 11 is 0. The number of carbonyl (C=O) groups excluding carboxylic acids is 3. The molecule has 34 heavy (non-hydrogen) atoms. The second kappa shape index (κ2) is 11.0. The van der Waals surface area contributed by atoms with Crippen molar-refractivity contribution in [1.82, 2.24) is 20.9 Å². The van der Waals surface area contributed by atoms with Crippen molar-refractivity contribution in [1.29, 1.82) is 5.26 Å². The highest BCUT2D eigenvalue weighted by molar-refractivity contribution is 6.01. The summed E-state index contributed by atoms with van der Waals surface area (Å²) in [6, 6.07) is 6.56. The second-order valence-corrected chi connectivity index (χ2v) is 9.04. The average Bonchev–Trinajstić information content (AvgIpc) is 3.43. The Hall–Kier alpha value is -3.58. The van der Waals surface area contributed by atoms with Gasteiger partial charge < -0.3 is 31.4 Å². The van der Waals surface area contributed by atoms with Crippen LogP contribution in [0.5, 0.6) is 5.75 Å². The zero-order valence-corrected chi connectivity index (χ0v) is 19.7. The molecule has 0 radical (unpaired) electrons. The van der Waals surface area contributed by atoms with Crippen LogP contribution in [-0.2, 0) is 9.59 Å². The summed E-state index contributed by atoms with van der Waals surface area (Å²) in [6.07, 6.45) is 1.27. The van der Waals surface area contributed by atoms with Crippen molar-refractivity contribution in [2.24, 2.45) is 17.6 Å². The molecule has 2 heterocycles. The summed E-state index contributed by atoms with van der Waals surface area (Å²) in [5.41, 5.74) is 6.98. The maximum Gasteiger partial charge on any atom is 0.268 e. The molecule has 10 nitrogen and oxygen atoms in total. The summed E-state index contributed by atoms with van der Waals surface area (Å²) < 4.78 is 5.35. The number of aromatic amines is 1. The highest BCUT2D eigenvalue weighted by Gasteiger charge is 2.33. The van der Waals surface area contributed by atoms with Crippen molar-refractivity contribution >= 4 is 28.6 Å². The number of nitriles is 1. The molecule has 3 amide bonds. The van der Waals surface area contributed by atoms with Crippen LogP contribution >= 0.6 is 0 Å². The van der Waals surface area contributed by atoms with Crippen LogP contribution in [0.15, 0.2) is 24.3 Å². The Morgan fingerprint density at radius 2 is 2.09 bits per heavy atom. The highest BCUT2D eigenvalue weighted by Crippen LogP contribution is 2.26. The van der Waals surface area contributed by atoms with Gasteiger partial charge in [0.15, 0.2) is 0 Å². The fourth-order valence-corrected chi connectivity index (χ4v) is 4.21. The predicted octanol–water partition coefficient (Wildman–Crippen LogP) is 1.18. The molecule has 1 saturated heterocycles. The Morgan fingerprint density at radius 1 is 1.32 bits per heavy atom.